The van der Waals surface area contributed by atoms with E-state index in [2.05, 4.69) is 4.90 Å². The molecule has 1 aliphatic heterocycles. The van der Waals surface area contributed by atoms with Crippen molar-refractivity contribution >= 4 is 33.2 Å². The van der Waals surface area contributed by atoms with Gasteiger partial charge in [-0.05, 0) is 63.2 Å². The Morgan fingerprint density at radius 1 is 1.12 bits per heavy atom. The minimum absolute atomic E-state index is 0.191. The molecule has 0 bridgehead atoms. The quantitative estimate of drug-likeness (QED) is 0.574. The lowest BCUT2D eigenvalue weighted by atomic mass is 10.1. The molecule has 0 saturated carbocycles. The zero-order valence-electron chi connectivity index (χ0n) is 20.1. The van der Waals surface area contributed by atoms with E-state index < -0.39 is 21.5 Å². The minimum Gasteiger partial charge on any atom is -0.495 e. The fraction of sp³-hybridized carbons (Fsp3) is 0.458. The highest BCUT2D eigenvalue weighted by Crippen LogP contribution is 2.33. The molecule has 3 rings (SSSR count). The number of benzene rings is 2. The van der Waals surface area contributed by atoms with Crippen molar-refractivity contribution in [3.63, 3.8) is 0 Å². The maximum atomic E-state index is 12.9. The number of halogens is 1. The Morgan fingerprint density at radius 3 is 2.38 bits per heavy atom. The van der Waals surface area contributed by atoms with Crippen LogP contribution in [0.25, 0.3) is 0 Å². The number of nitrogens with zero attached hydrogens (tertiary/aromatic N) is 2. The summed E-state index contributed by atoms with van der Waals surface area (Å²) in [6, 6.07) is 11.3. The van der Waals surface area contributed by atoms with Gasteiger partial charge in [0.05, 0.1) is 23.7 Å². The molecule has 0 unspecified atom stereocenters. The largest absolute Gasteiger partial charge is 0.495 e. The lowest BCUT2D eigenvalue weighted by molar-refractivity contribution is 0.00858. The van der Waals surface area contributed by atoms with Gasteiger partial charge >= 0.3 is 6.09 Å². The summed E-state index contributed by atoms with van der Waals surface area (Å²) in [5.74, 6) is 1.19. The van der Waals surface area contributed by atoms with Gasteiger partial charge in [-0.15, -0.1) is 0 Å². The number of rotatable bonds is 6. The Kier molecular flexibility index (Phi) is 7.88. The molecule has 0 aliphatic carbocycles. The molecule has 2 aromatic carbocycles. The molecule has 1 aliphatic rings. The highest BCUT2D eigenvalue weighted by Gasteiger charge is 2.34. The summed E-state index contributed by atoms with van der Waals surface area (Å²) < 4.78 is 40.5. The molecule has 186 valence electrons. The molecule has 1 heterocycles. The zero-order chi connectivity index (χ0) is 25.1. The van der Waals surface area contributed by atoms with Gasteiger partial charge in [0.25, 0.3) is 0 Å². The molecule has 0 radical (unpaired) electrons. The van der Waals surface area contributed by atoms with Crippen molar-refractivity contribution in [2.24, 2.45) is 0 Å². The van der Waals surface area contributed by atoms with E-state index >= 15 is 0 Å². The number of ether oxygens (including phenoxy) is 3. The second-order valence-electron chi connectivity index (χ2n) is 9.14. The summed E-state index contributed by atoms with van der Waals surface area (Å²) in [4.78, 5) is 16.9. The lowest BCUT2D eigenvalue weighted by Crippen LogP contribution is -2.58. The molecule has 0 N–H and O–H groups in total. The molecular weight excluding hydrogens is 480 g/mol. The highest BCUT2D eigenvalue weighted by atomic mass is 35.5. The van der Waals surface area contributed by atoms with Crippen molar-refractivity contribution in [2.75, 3.05) is 44.5 Å². The first-order chi connectivity index (χ1) is 15.9. The van der Waals surface area contributed by atoms with E-state index in [1.807, 2.05) is 32.9 Å². The van der Waals surface area contributed by atoms with Gasteiger partial charge in [0.1, 0.15) is 23.7 Å². The first-order valence-electron chi connectivity index (χ1n) is 10.9. The third kappa shape index (κ3) is 6.70. The maximum Gasteiger partial charge on any atom is 0.410 e. The molecule has 1 amide bonds. The van der Waals surface area contributed by atoms with Gasteiger partial charge in [-0.1, -0.05) is 11.6 Å². The van der Waals surface area contributed by atoms with Crippen LogP contribution in [0.3, 0.4) is 0 Å². The molecule has 10 heteroatoms. The number of carbonyl (C=O) groups excluding carboxylic acids is 1. The Balaban J connectivity index is 1.81. The van der Waals surface area contributed by atoms with Gasteiger partial charge < -0.3 is 19.1 Å². The summed E-state index contributed by atoms with van der Waals surface area (Å²) in [5, 5.41) is 0.587. The van der Waals surface area contributed by atoms with Gasteiger partial charge in [0.15, 0.2) is 9.84 Å². The predicted octanol–water partition coefficient (Wildman–Crippen LogP) is 4.26. The Morgan fingerprint density at radius 2 is 1.79 bits per heavy atom. The number of anilines is 1. The van der Waals surface area contributed by atoms with Crippen LogP contribution >= 0.6 is 11.6 Å². The molecule has 0 spiro atoms. The van der Waals surface area contributed by atoms with Crippen molar-refractivity contribution in [1.82, 2.24) is 4.90 Å². The second kappa shape index (κ2) is 10.3. The molecule has 2 aromatic rings. The van der Waals surface area contributed by atoms with Crippen molar-refractivity contribution in [1.29, 1.82) is 0 Å². The van der Waals surface area contributed by atoms with Crippen LogP contribution in [0.15, 0.2) is 47.4 Å². The monoisotopic (exact) mass is 510 g/mol. The lowest BCUT2D eigenvalue weighted by Gasteiger charge is -2.42. The first-order valence-corrected chi connectivity index (χ1v) is 13.2. The Labute approximate surface area is 206 Å². The average molecular weight is 511 g/mol. The summed E-state index contributed by atoms with van der Waals surface area (Å²) in [6.45, 7) is 7.13. The van der Waals surface area contributed by atoms with Crippen LogP contribution < -0.4 is 14.4 Å². The van der Waals surface area contributed by atoms with Crippen molar-refractivity contribution in [3.8, 4) is 11.5 Å². The van der Waals surface area contributed by atoms with Crippen LogP contribution in [0, 0.1) is 0 Å². The van der Waals surface area contributed by atoms with Crippen LogP contribution in [0.5, 0.6) is 11.5 Å². The number of amides is 1. The van der Waals surface area contributed by atoms with Crippen LogP contribution in [-0.2, 0) is 14.6 Å². The number of hydrogen-bond donors (Lipinski definition) is 0. The molecule has 0 aromatic heterocycles. The number of hydrogen-bond acceptors (Lipinski definition) is 7. The van der Waals surface area contributed by atoms with E-state index in [0.29, 0.717) is 36.2 Å². The maximum absolute atomic E-state index is 12.9. The average Bonchev–Trinajstić information content (AvgIpc) is 2.76. The third-order valence-corrected chi connectivity index (χ3v) is 6.65. The summed E-state index contributed by atoms with van der Waals surface area (Å²) in [6.07, 6.45) is 0.744. The number of carbonyl (C=O) groups is 1. The van der Waals surface area contributed by atoms with Gasteiger partial charge in [-0.25, -0.2) is 13.2 Å². The third-order valence-electron chi connectivity index (χ3n) is 5.29. The smallest absolute Gasteiger partial charge is 0.410 e. The predicted molar refractivity (Wildman–Crippen MR) is 132 cm³/mol. The van der Waals surface area contributed by atoms with Gasteiger partial charge in [-0.2, -0.15) is 0 Å². The van der Waals surface area contributed by atoms with Crippen molar-refractivity contribution in [3.05, 3.63) is 47.5 Å². The fourth-order valence-electron chi connectivity index (χ4n) is 3.66. The highest BCUT2D eigenvalue weighted by molar-refractivity contribution is 7.90. The van der Waals surface area contributed by atoms with E-state index in [1.165, 1.54) is 12.1 Å². The van der Waals surface area contributed by atoms with Crippen molar-refractivity contribution < 1.29 is 27.4 Å². The van der Waals surface area contributed by atoms with Crippen LogP contribution in [0.1, 0.15) is 20.8 Å². The molecule has 1 saturated heterocycles. The van der Waals surface area contributed by atoms with E-state index in [4.69, 9.17) is 25.8 Å². The molecule has 1 atom stereocenters. The first kappa shape index (κ1) is 26.0. The summed E-state index contributed by atoms with van der Waals surface area (Å²) >= 11 is 6.23. The van der Waals surface area contributed by atoms with Crippen LogP contribution in [-0.4, -0.2) is 70.7 Å². The molecular formula is C24H31ClN2O6S. The minimum atomic E-state index is -3.29. The fourth-order valence-corrected chi connectivity index (χ4v) is 4.46. The summed E-state index contributed by atoms with van der Waals surface area (Å²) in [7, 11) is -1.69. The van der Waals surface area contributed by atoms with Gasteiger partial charge in [0.2, 0.25) is 0 Å². The number of piperazine rings is 1. The second-order valence-corrected chi connectivity index (χ2v) is 11.6. The van der Waals surface area contributed by atoms with Gasteiger partial charge in [-0.3, -0.25) is 4.90 Å². The van der Waals surface area contributed by atoms with E-state index in [-0.39, 0.29) is 17.5 Å². The van der Waals surface area contributed by atoms with Crippen LogP contribution in [0.4, 0.5) is 10.5 Å². The Hall–Kier alpha value is -2.65. The topological polar surface area (TPSA) is 85.4 Å². The standard InChI is InChI=1S/C24H31ClN2O6S/c1-24(2,3)33-23(28)27-13-12-26(21-14-17(25)6-11-22(21)31-4)15-18(27)16-32-19-7-9-20(10-8-19)34(5,29)30/h6-11,14,18H,12-13,15-16H2,1-5H3/t18-/m0/s1. The molecule has 8 nitrogen and oxygen atoms in total. The SMILES string of the molecule is COc1ccc(Cl)cc1N1CCN(C(=O)OC(C)(C)C)[C@H](COc2ccc(S(C)(=O)=O)cc2)C1. The zero-order valence-corrected chi connectivity index (χ0v) is 21.6. The number of sulfone groups is 1. The Bertz CT molecular complexity index is 1120. The summed E-state index contributed by atoms with van der Waals surface area (Å²) in [5.41, 5.74) is 0.207. The van der Waals surface area contributed by atoms with E-state index in [9.17, 15) is 13.2 Å². The normalized spacial score (nSPS) is 16.8. The van der Waals surface area contributed by atoms with E-state index in [1.54, 1.807) is 30.2 Å². The molecule has 1 fully saturated rings. The van der Waals surface area contributed by atoms with E-state index in [0.717, 1.165) is 11.9 Å². The van der Waals surface area contributed by atoms with Crippen LogP contribution in [0.2, 0.25) is 5.02 Å². The molecule has 34 heavy (non-hydrogen) atoms. The van der Waals surface area contributed by atoms with Gasteiger partial charge in [0, 0.05) is 30.9 Å². The number of methoxy groups -OCH3 is 1. The van der Waals surface area contributed by atoms with Crippen molar-refractivity contribution in [2.45, 2.75) is 37.3 Å².